The van der Waals surface area contributed by atoms with E-state index in [0.29, 0.717) is 6.54 Å². The Morgan fingerprint density at radius 2 is 1.89 bits per heavy atom. The van der Waals surface area contributed by atoms with Crippen LogP contribution in [0.4, 0.5) is 19.0 Å². The number of hydrogen-bond donors (Lipinski definition) is 1. The van der Waals surface area contributed by atoms with Gasteiger partial charge in [0, 0.05) is 30.8 Å². The van der Waals surface area contributed by atoms with Gasteiger partial charge in [-0.3, -0.25) is 4.68 Å². The zero-order chi connectivity index (χ0) is 13.9. The van der Waals surface area contributed by atoms with Gasteiger partial charge in [-0.25, -0.2) is 0 Å². The highest BCUT2D eigenvalue weighted by atomic mass is 32.2. The second kappa shape index (κ2) is 5.56. The van der Waals surface area contributed by atoms with E-state index in [1.807, 2.05) is 19.3 Å². The first-order chi connectivity index (χ1) is 8.92. The van der Waals surface area contributed by atoms with Crippen molar-refractivity contribution in [1.29, 1.82) is 0 Å². The topological polar surface area (TPSA) is 29.9 Å². The first kappa shape index (κ1) is 13.8. The van der Waals surface area contributed by atoms with Crippen LogP contribution in [0.5, 0.6) is 0 Å². The van der Waals surface area contributed by atoms with Crippen molar-refractivity contribution < 1.29 is 13.2 Å². The normalized spacial score (nSPS) is 11.6. The number of anilines is 1. The molecule has 1 N–H and O–H groups in total. The van der Waals surface area contributed by atoms with Gasteiger partial charge in [0.05, 0.1) is 0 Å². The Labute approximate surface area is 112 Å². The number of halogens is 3. The van der Waals surface area contributed by atoms with Gasteiger partial charge in [-0.05, 0) is 29.5 Å². The molecule has 0 bridgehead atoms. The lowest BCUT2D eigenvalue weighted by atomic mass is 10.2. The molecule has 1 aromatic heterocycles. The SMILES string of the molecule is Cn1ccc(NCc2ccc(SC(F)(F)F)cc2)n1. The maximum atomic E-state index is 12.2. The summed E-state index contributed by atoms with van der Waals surface area (Å²) in [7, 11) is 1.81. The van der Waals surface area contributed by atoms with E-state index >= 15 is 0 Å². The van der Waals surface area contributed by atoms with E-state index in [-0.39, 0.29) is 16.7 Å². The number of alkyl halides is 3. The molecule has 0 aliphatic rings. The van der Waals surface area contributed by atoms with Crippen LogP contribution in [0.1, 0.15) is 5.56 Å². The molecule has 0 spiro atoms. The monoisotopic (exact) mass is 287 g/mol. The Hall–Kier alpha value is -1.63. The summed E-state index contributed by atoms with van der Waals surface area (Å²) in [6.45, 7) is 0.522. The highest BCUT2D eigenvalue weighted by Crippen LogP contribution is 2.36. The number of aryl methyl sites for hydroxylation is 1. The van der Waals surface area contributed by atoms with Crippen LogP contribution >= 0.6 is 11.8 Å². The molecule has 3 nitrogen and oxygen atoms in total. The number of nitrogens with zero attached hydrogens (tertiary/aromatic N) is 2. The molecule has 2 rings (SSSR count). The second-order valence-corrected chi connectivity index (χ2v) is 5.06. The van der Waals surface area contributed by atoms with E-state index in [1.54, 1.807) is 16.8 Å². The molecule has 19 heavy (non-hydrogen) atoms. The van der Waals surface area contributed by atoms with Crippen LogP contribution in [0.25, 0.3) is 0 Å². The summed E-state index contributed by atoms with van der Waals surface area (Å²) in [6, 6.07) is 8.10. The minimum atomic E-state index is -4.24. The lowest BCUT2D eigenvalue weighted by Gasteiger charge is -2.07. The summed E-state index contributed by atoms with van der Waals surface area (Å²) in [5.41, 5.74) is -3.34. The summed E-state index contributed by atoms with van der Waals surface area (Å²) >= 11 is -0.109. The maximum absolute atomic E-state index is 12.2. The fraction of sp³-hybridized carbons (Fsp3) is 0.250. The molecule has 2 aromatic rings. The van der Waals surface area contributed by atoms with Crippen LogP contribution in [-0.4, -0.2) is 15.3 Å². The Kier molecular flexibility index (Phi) is 4.04. The number of nitrogens with one attached hydrogen (secondary N) is 1. The summed E-state index contributed by atoms with van der Waals surface area (Å²) in [5, 5.41) is 7.23. The Morgan fingerprint density at radius 3 is 2.42 bits per heavy atom. The molecule has 7 heteroatoms. The molecule has 0 saturated heterocycles. The first-order valence-corrected chi connectivity index (χ1v) is 6.32. The van der Waals surface area contributed by atoms with Gasteiger partial charge in [-0.1, -0.05) is 12.1 Å². The standard InChI is InChI=1S/C12H12F3N3S/c1-18-7-6-11(17-18)16-8-9-2-4-10(5-3-9)19-12(13,14)15/h2-7H,8H2,1H3,(H,16,17). The molecule has 0 aliphatic carbocycles. The minimum absolute atomic E-state index is 0.109. The van der Waals surface area contributed by atoms with Crippen LogP contribution in [-0.2, 0) is 13.6 Å². The van der Waals surface area contributed by atoms with Crippen LogP contribution in [0.2, 0.25) is 0 Å². The molecular formula is C12H12F3N3S. The maximum Gasteiger partial charge on any atom is 0.446 e. The van der Waals surface area contributed by atoms with E-state index < -0.39 is 5.51 Å². The van der Waals surface area contributed by atoms with Crippen molar-refractivity contribution in [3.63, 3.8) is 0 Å². The van der Waals surface area contributed by atoms with Crippen molar-refractivity contribution in [3.8, 4) is 0 Å². The predicted molar refractivity (Wildman–Crippen MR) is 68.9 cm³/mol. The molecule has 1 heterocycles. The molecule has 102 valence electrons. The zero-order valence-corrected chi connectivity index (χ0v) is 10.9. The van der Waals surface area contributed by atoms with Crippen LogP contribution in [0, 0.1) is 0 Å². The molecular weight excluding hydrogens is 275 g/mol. The Bertz CT molecular complexity index is 534. The molecule has 0 unspecified atom stereocenters. The van der Waals surface area contributed by atoms with Crippen LogP contribution in [0.3, 0.4) is 0 Å². The average Bonchev–Trinajstić information content (AvgIpc) is 2.72. The largest absolute Gasteiger partial charge is 0.446 e. The summed E-state index contributed by atoms with van der Waals surface area (Å²) in [5.74, 6) is 0.733. The highest BCUT2D eigenvalue weighted by molar-refractivity contribution is 8.00. The summed E-state index contributed by atoms with van der Waals surface area (Å²) in [6.07, 6.45) is 1.81. The van der Waals surface area contributed by atoms with E-state index in [2.05, 4.69) is 10.4 Å². The average molecular weight is 287 g/mol. The summed E-state index contributed by atoms with van der Waals surface area (Å²) in [4.78, 5) is 0.189. The predicted octanol–water partition coefficient (Wildman–Crippen LogP) is 3.64. The van der Waals surface area contributed by atoms with Gasteiger partial charge in [-0.15, -0.1) is 0 Å². The van der Waals surface area contributed by atoms with Crippen molar-refractivity contribution in [2.45, 2.75) is 16.9 Å². The Balaban J connectivity index is 1.91. The molecule has 0 radical (unpaired) electrons. The van der Waals surface area contributed by atoms with Gasteiger partial charge in [0.25, 0.3) is 0 Å². The van der Waals surface area contributed by atoms with Crippen molar-refractivity contribution in [1.82, 2.24) is 9.78 Å². The second-order valence-electron chi connectivity index (χ2n) is 3.92. The fourth-order valence-corrected chi connectivity index (χ4v) is 2.05. The van der Waals surface area contributed by atoms with Gasteiger partial charge in [0.2, 0.25) is 0 Å². The van der Waals surface area contributed by atoms with Gasteiger partial charge >= 0.3 is 5.51 Å². The van der Waals surface area contributed by atoms with Crippen molar-refractivity contribution in [3.05, 3.63) is 42.1 Å². The van der Waals surface area contributed by atoms with Gasteiger partial charge in [0.1, 0.15) is 5.82 Å². The van der Waals surface area contributed by atoms with E-state index in [9.17, 15) is 13.2 Å². The Morgan fingerprint density at radius 1 is 1.21 bits per heavy atom. The number of benzene rings is 1. The highest BCUT2D eigenvalue weighted by Gasteiger charge is 2.28. The van der Waals surface area contributed by atoms with E-state index in [1.165, 1.54) is 12.1 Å². The molecule has 0 amide bonds. The number of aromatic nitrogens is 2. The fourth-order valence-electron chi connectivity index (χ4n) is 1.51. The minimum Gasteiger partial charge on any atom is -0.365 e. The lowest BCUT2D eigenvalue weighted by Crippen LogP contribution is -2.01. The van der Waals surface area contributed by atoms with Gasteiger partial charge < -0.3 is 5.32 Å². The summed E-state index contributed by atoms with van der Waals surface area (Å²) < 4.78 is 38.1. The lowest BCUT2D eigenvalue weighted by molar-refractivity contribution is -0.0328. The zero-order valence-electron chi connectivity index (χ0n) is 10.1. The van der Waals surface area contributed by atoms with Crippen molar-refractivity contribution >= 4 is 17.6 Å². The third kappa shape index (κ3) is 4.51. The number of rotatable bonds is 4. The first-order valence-electron chi connectivity index (χ1n) is 5.50. The molecule has 0 fully saturated rings. The van der Waals surface area contributed by atoms with Gasteiger partial charge in [-0.2, -0.15) is 18.3 Å². The molecule has 0 aliphatic heterocycles. The van der Waals surface area contributed by atoms with Crippen LogP contribution < -0.4 is 5.32 Å². The quantitative estimate of drug-likeness (QED) is 0.871. The molecule has 0 atom stereocenters. The van der Waals surface area contributed by atoms with E-state index in [4.69, 9.17) is 0 Å². The smallest absolute Gasteiger partial charge is 0.365 e. The number of hydrogen-bond acceptors (Lipinski definition) is 3. The molecule has 0 saturated carbocycles. The third-order valence-corrected chi connectivity index (χ3v) is 3.08. The van der Waals surface area contributed by atoms with Crippen molar-refractivity contribution in [2.24, 2.45) is 7.05 Å². The molecule has 1 aromatic carbocycles. The van der Waals surface area contributed by atoms with Gasteiger partial charge in [0.15, 0.2) is 0 Å². The van der Waals surface area contributed by atoms with Crippen LogP contribution in [0.15, 0.2) is 41.4 Å². The van der Waals surface area contributed by atoms with E-state index in [0.717, 1.165) is 11.4 Å². The third-order valence-electron chi connectivity index (χ3n) is 2.34. The van der Waals surface area contributed by atoms with Crippen molar-refractivity contribution in [2.75, 3.05) is 5.32 Å². The number of thioether (sulfide) groups is 1.